The number of carbonyl (C=O) groups excluding carboxylic acids is 3. The molecule has 8 nitrogen and oxygen atoms in total. The Balaban J connectivity index is 1.36. The Morgan fingerprint density at radius 1 is 1.00 bits per heavy atom. The summed E-state index contributed by atoms with van der Waals surface area (Å²) in [6, 6.07) is 13.9. The Morgan fingerprint density at radius 3 is 2.30 bits per heavy atom. The van der Waals surface area contributed by atoms with Gasteiger partial charge in [-0.05, 0) is 73.5 Å². The molecule has 1 aliphatic rings. The number of carbonyl (C=O) groups is 3. The number of imide groups is 1. The fourth-order valence-corrected chi connectivity index (χ4v) is 4.32. The van der Waals surface area contributed by atoms with Crippen LogP contribution in [0.25, 0.3) is 0 Å². The third-order valence-corrected chi connectivity index (χ3v) is 6.21. The van der Waals surface area contributed by atoms with Crippen molar-refractivity contribution in [2.45, 2.75) is 43.4 Å². The van der Waals surface area contributed by atoms with Crippen LogP contribution in [-0.4, -0.2) is 40.9 Å². The van der Waals surface area contributed by atoms with Crippen molar-refractivity contribution >= 4 is 41.2 Å². The van der Waals surface area contributed by atoms with Crippen LogP contribution in [0, 0.1) is 5.41 Å². The highest BCUT2D eigenvalue weighted by Crippen LogP contribution is 2.23. The zero-order chi connectivity index (χ0) is 23.6. The number of likely N-dealkylation sites (tertiary alicyclic amines) is 1. The van der Waals surface area contributed by atoms with Crippen molar-refractivity contribution in [3.05, 3.63) is 54.1 Å². The molecule has 3 rings (SSSR count). The lowest BCUT2D eigenvalue weighted by Gasteiger charge is -2.24. The maximum absolute atomic E-state index is 12.3. The molecule has 1 fully saturated rings. The second kappa shape index (κ2) is 12.1. The molecule has 0 aliphatic carbocycles. The van der Waals surface area contributed by atoms with Gasteiger partial charge in [0.05, 0.1) is 5.56 Å². The summed E-state index contributed by atoms with van der Waals surface area (Å²) in [7, 11) is 0. The van der Waals surface area contributed by atoms with Gasteiger partial charge in [-0.25, -0.2) is 4.79 Å². The molecule has 0 bridgehead atoms. The predicted octanol–water partition coefficient (Wildman–Crippen LogP) is 4.01. The van der Waals surface area contributed by atoms with Crippen molar-refractivity contribution in [2.24, 2.45) is 5.73 Å². The van der Waals surface area contributed by atoms with Gasteiger partial charge in [0, 0.05) is 30.0 Å². The average molecular weight is 469 g/mol. The molecular weight excluding hydrogens is 440 g/mol. The molecule has 0 unspecified atom stereocenters. The largest absolute Gasteiger partial charge is 0.423 e. The summed E-state index contributed by atoms with van der Waals surface area (Å²) in [5, 5.41) is 9.86. The minimum atomic E-state index is -0.463. The highest BCUT2D eigenvalue weighted by Gasteiger charge is 2.24. The number of ether oxygens (including phenoxy) is 1. The highest BCUT2D eigenvalue weighted by atomic mass is 32.2. The number of hydrogen-bond donors (Lipinski definition) is 3. The fraction of sp³-hybridized carbons (Fsp3) is 0.333. The first kappa shape index (κ1) is 24.3. The van der Waals surface area contributed by atoms with Crippen molar-refractivity contribution in [3.8, 4) is 5.75 Å². The molecule has 174 valence electrons. The summed E-state index contributed by atoms with van der Waals surface area (Å²) < 4.78 is 5.41. The van der Waals surface area contributed by atoms with Gasteiger partial charge in [-0.3, -0.25) is 19.9 Å². The fourth-order valence-electron chi connectivity index (χ4n) is 3.40. The number of piperidine rings is 1. The van der Waals surface area contributed by atoms with Crippen LogP contribution in [0.5, 0.6) is 5.75 Å². The number of thioether (sulfide) groups is 1. The third kappa shape index (κ3) is 7.64. The molecule has 2 amide bonds. The number of guanidine groups is 1. The van der Waals surface area contributed by atoms with E-state index in [0.717, 1.165) is 29.9 Å². The van der Waals surface area contributed by atoms with Crippen LogP contribution in [-0.2, 0) is 9.59 Å². The molecule has 0 saturated carbocycles. The zero-order valence-electron chi connectivity index (χ0n) is 18.3. The van der Waals surface area contributed by atoms with Gasteiger partial charge in [-0.1, -0.05) is 6.42 Å². The van der Waals surface area contributed by atoms with Crippen LogP contribution in [0.1, 0.15) is 48.9 Å². The first-order valence-corrected chi connectivity index (χ1v) is 11.9. The van der Waals surface area contributed by atoms with E-state index in [1.165, 1.54) is 4.90 Å². The van der Waals surface area contributed by atoms with Gasteiger partial charge in [0.1, 0.15) is 5.75 Å². The summed E-state index contributed by atoms with van der Waals surface area (Å²) >= 11 is 1.72. The summed E-state index contributed by atoms with van der Waals surface area (Å²) in [6.45, 7) is 0.526. The number of benzene rings is 2. The number of esters is 1. The molecule has 9 heteroatoms. The number of amides is 2. The van der Waals surface area contributed by atoms with Gasteiger partial charge in [-0.15, -0.1) is 11.8 Å². The first-order valence-electron chi connectivity index (χ1n) is 10.9. The maximum atomic E-state index is 12.3. The van der Waals surface area contributed by atoms with E-state index in [1.807, 2.05) is 12.1 Å². The van der Waals surface area contributed by atoms with Gasteiger partial charge in [-0.2, -0.15) is 0 Å². The van der Waals surface area contributed by atoms with E-state index < -0.39 is 5.97 Å². The lowest BCUT2D eigenvalue weighted by molar-refractivity contribution is -0.148. The topological polar surface area (TPSA) is 126 Å². The Kier molecular flexibility index (Phi) is 8.88. The summed E-state index contributed by atoms with van der Waals surface area (Å²) in [5.74, 6) is 0.684. The number of anilines is 1. The van der Waals surface area contributed by atoms with E-state index >= 15 is 0 Å². The van der Waals surface area contributed by atoms with Crippen molar-refractivity contribution in [1.29, 1.82) is 5.41 Å². The molecule has 1 heterocycles. The van der Waals surface area contributed by atoms with Gasteiger partial charge >= 0.3 is 5.97 Å². The summed E-state index contributed by atoms with van der Waals surface area (Å²) in [5.41, 5.74) is 6.30. The molecule has 0 atom stereocenters. The molecule has 0 radical (unpaired) electrons. The molecule has 2 aromatic carbocycles. The number of nitrogens with one attached hydrogen (secondary N) is 2. The molecule has 1 aliphatic heterocycles. The standard InChI is InChI=1S/C24H28N4O4S/c25-24(26)27-18-9-7-17(8-10-18)23(31)32-19-11-13-20(14-12-19)33-16-3-1-2-15-28-21(29)5-4-6-22(28)30/h7-14H,1-6,15-16H2,(H4,25,26,27). The second-order valence-electron chi connectivity index (χ2n) is 7.68. The average Bonchev–Trinajstić information content (AvgIpc) is 2.79. The number of nitrogens with zero attached hydrogens (tertiary/aromatic N) is 1. The SMILES string of the molecule is N=C(N)Nc1ccc(C(=O)Oc2ccc(SCCCCCN3C(=O)CCCC3=O)cc2)cc1. The Morgan fingerprint density at radius 2 is 1.67 bits per heavy atom. The Bertz CT molecular complexity index is 977. The quantitative estimate of drug-likeness (QED) is 0.0915. The van der Waals surface area contributed by atoms with Crippen molar-refractivity contribution in [2.75, 3.05) is 17.6 Å². The van der Waals surface area contributed by atoms with Crippen molar-refractivity contribution in [3.63, 3.8) is 0 Å². The first-order chi connectivity index (χ1) is 15.9. The number of unbranched alkanes of at least 4 members (excludes halogenated alkanes) is 2. The minimum absolute atomic E-state index is 0.0385. The molecule has 0 spiro atoms. The Labute approximate surface area is 197 Å². The summed E-state index contributed by atoms with van der Waals surface area (Å²) in [6.07, 6.45) is 4.43. The zero-order valence-corrected chi connectivity index (χ0v) is 19.2. The van der Waals surface area contributed by atoms with Gasteiger partial charge < -0.3 is 15.8 Å². The third-order valence-electron chi connectivity index (χ3n) is 5.11. The highest BCUT2D eigenvalue weighted by molar-refractivity contribution is 7.99. The maximum Gasteiger partial charge on any atom is 0.343 e. The Hall–Kier alpha value is -3.33. The van der Waals surface area contributed by atoms with Crippen molar-refractivity contribution in [1.82, 2.24) is 4.90 Å². The molecule has 2 aromatic rings. The van der Waals surface area contributed by atoms with E-state index in [-0.39, 0.29) is 17.8 Å². The second-order valence-corrected chi connectivity index (χ2v) is 8.85. The molecular formula is C24H28N4O4S. The van der Waals surface area contributed by atoms with E-state index in [1.54, 1.807) is 48.2 Å². The van der Waals surface area contributed by atoms with Crippen LogP contribution in [0.2, 0.25) is 0 Å². The van der Waals surface area contributed by atoms with Crippen molar-refractivity contribution < 1.29 is 19.1 Å². The van der Waals surface area contributed by atoms with Gasteiger partial charge in [0.15, 0.2) is 5.96 Å². The van der Waals surface area contributed by atoms with Crippen LogP contribution < -0.4 is 15.8 Å². The normalized spacial score (nSPS) is 13.6. The van der Waals surface area contributed by atoms with E-state index in [0.29, 0.717) is 42.8 Å². The van der Waals surface area contributed by atoms with Gasteiger partial charge in [0.25, 0.3) is 0 Å². The predicted molar refractivity (Wildman–Crippen MR) is 129 cm³/mol. The van der Waals surface area contributed by atoms with Gasteiger partial charge in [0.2, 0.25) is 11.8 Å². The van der Waals surface area contributed by atoms with Crippen LogP contribution in [0.4, 0.5) is 5.69 Å². The number of nitrogens with two attached hydrogens (primary N) is 1. The molecule has 4 N–H and O–H groups in total. The van der Waals surface area contributed by atoms with Crippen LogP contribution in [0.3, 0.4) is 0 Å². The van der Waals surface area contributed by atoms with Crippen LogP contribution >= 0.6 is 11.8 Å². The van der Waals surface area contributed by atoms with E-state index in [2.05, 4.69) is 5.32 Å². The molecule has 1 saturated heterocycles. The minimum Gasteiger partial charge on any atom is -0.423 e. The molecule has 33 heavy (non-hydrogen) atoms. The van der Waals surface area contributed by atoms with E-state index in [4.69, 9.17) is 15.9 Å². The lowest BCUT2D eigenvalue weighted by atomic mass is 10.1. The number of rotatable bonds is 10. The monoisotopic (exact) mass is 468 g/mol. The van der Waals surface area contributed by atoms with E-state index in [9.17, 15) is 14.4 Å². The smallest absolute Gasteiger partial charge is 0.343 e. The van der Waals surface area contributed by atoms with Crippen LogP contribution in [0.15, 0.2) is 53.4 Å². The summed E-state index contributed by atoms with van der Waals surface area (Å²) in [4.78, 5) is 38.4. The lowest BCUT2D eigenvalue weighted by Crippen LogP contribution is -2.40. The molecule has 0 aromatic heterocycles. The number of hydrogen-bond acceptors (Lipinski definition) is 6.